The minimum absolute atomic E-state index is 0.264. The molecule has 1 amide bonds. The van der Waals surface area contributed by atoms with Gasteiger partial charge in [0, 0.05) is 30.3 Å². The highest BCUT2D eigenvalue weighted by atomic mass is 16.5. The maximum atomic E-state index is 12.1. The van der Waals surface area contributed by atoms with Crippen molar-refractivity contribution in [2.75, 3.05) is 24.8 Å². The Bertz CT molecular complexity index is 590. The fourth-order valence-corrected chi connectivity index (χ4v) is 1.80. The summed E-state index contributed by atoms with van der Waals surface area (Å²) in [6.45, 7) is 2.36. The largest absolute Gasteiger partial charge is 0.399 e. The molecule has 1 aromatic carbocycles. The van der Waals surface area contributed by atoms with E-state index in [4.69, 9.17) is 15.0 Å². The molecule has 0 saturated carbocycles. The van der Waals surface area contributed by atoms with Crippen LogP contribution in [0.3, 0.4) is 0 Å². The first-order chi connectivity index (χ1) is 9.61. The summed E-state index contributed by atoms with van der Waals surface area (Å²) in [7, 11) is 1.62. The molecule has 0 saturated heterocycles. The highest BCUT2D eigenvalue weighted by molar-refractivity contribution is 6.04. The number of hydrogen-bond donors (Lipinski definition) is 2. The molecule has 0 atom stereocenters. The first-order valence-corrected chi connectivity index (χ1v) is 6.22. The maximum absolute atomic E-state index is 12.1. The van der Waals surface area contributed by atoms with E-state index >= 15 is 0 Å². The van der Waals surface area contributed by atoms with Crippen LogP contribution in [0.15, 0.2) is 28.8 Å². The number of aryl methyl sites for hydroxylation is 1. The lowest BCUT2D eigenvalue weighted by molar-refractivity contribution is 0.102. The minimum Gasteiger partial charge on any atom is -0.399 e. The molecule has 1 aromatic heterocycles. The number of methoxy groups -OCH3 is 1. The quantitative estimate of drug-likeness (QED) is 0.814. The van der Waals surface area contributed by atoms with E-state index in [9.17, 15) is 4.79 Å². The second-order valence-electron chi connectivity index (χ2n) is 4.39. The van der Waals surface area contributed by atoms with Gasteiger partial charge in [-0.1, -0.05) is 5.16 Å². The van der Waals surface area contributed by atoms with Crippen molar-refractivity contribution in [3.05, 3.63) is 41.1 Å². The molecule has 6 heteroatoms. The van der Waals surface area contributed by atoms with Crippen molar-refractivity contribution in [1.29, 1.82) is 0 Å². The Kier molecular flexibility index (Phi) is 4.37. The molecule has 0 fully saturated rings. The number of ether oxygens (including phenoxy) is 1. The molecule has 0 bridgehead atoms. The number of hydrogen-bond acceptors (Lipinski definition) is 5. The molecule has 0 unspecified atom stereocenters. The number of nitrogens with zero attached hydrogens (tertiary/aromatic N) is 1. The SMILES string of the molecule is COCCc1c(C)noc1NC(=O)c1ccc(N)cc1. The van der Waals surface area contributed by atoms with E-state index in [0.29, 0.717) is 30.2 Å². The van der Waals surface area contributed by atoms with Crippen LogP contribution in [0.4, 0.5) is 11.6 Å². The van der Waals surface area contributed by atoms with E-state index in [2.05, 4.69) is 10.5 Å². The summed E-state index contributed by atoms with van der Waals surface area (Å²) in [4.78, 5) is 12.1. The molecular weight excluding hydrogens is 258 g/mol. The second kappa shape index (κ2) is 6.21. The predicted molar refractivity (Wildman–Crippen MR) is 75.6 cm³/mol. The zero-order valence-corrected chi connectivity index (χ0v) is 11.5. The van der Waals surface area contributed by atoms with Crippen LogP contribution in [0.1, 0.15) is 21.6 Å². The molecular formula is C14H17N3O3. The van der Waals surface area contributed by atoms with E-state index < -0.39 is 0 Å². The van der Waals surface area contributed by atoms with Gasteiger partial charge < -0.3 is 15.0 Å². The van der Waals surface area contributed by atoms with Crippen LogP contribution in [0.25, 0.3) is 0 Å². The van der Waals surface area contributed by atoms with Crippen LogP contribution >= 0.6 is 0 Å². The summed E-state index contributed by atoms with van der Waals surface area (Å²) in [6, 6.07) is 6.66. The van der Waals surface area contributed by atoms with Gasteiger partial charge in [0.15, 0.2) is 0 Å². The van der Waals surface area contributed by atoms with Gasteiger partial charge in [0.25, 0.3) is 5.91 Å². The van der Waals surface area contributed by atoms with Crippen molar-refractivity contribution in [3.63, 3.8) is 0 Å². The van der Waals surface area contributed by atoms with Gasteiger partial charge in [-0.2, -0.15) is 0 Å². The fourth-order valence-electron chi connectivity index (χ4n) is 1.80. The third-order valence-electron chi connectivity index (χ3n) is 2.94. The van der Waals surface area contributed by atoms with E-state index in [0.717, 1.165) is 11.3 Å². The van der Waals surface area contributed by atoms with Crippen molar-refractivity contribution in [2.24, 2.45) is 0 Å². The van der Waals surface area contributed by atoms with Gasteiger partial charge in [0.1, 0.15) is 0 Å². The lowest BCUT2D eigenvalue weighted by atomic mass is 10.1. The van der Waals surface area contributed by atoms with Gasteiger partial charge in [-0.15, -0.1) is 0 Å². The van der Waals surface area contributed by atoms with Crippen LogP contribution in [0.5, 0.6) is 0 Å². The van der Waals surface area contributed by atoms with Crippen molar-refractivity contribution in [2.45, 2.75) is 13.3 Å². The van der Waals surface area contributed by atoms with E-state index in [1.54, 1.807) is 31.4 Å². The molecule has 0 spiro atoms. The molecule has 2 rings (SSSR count). The molecule has 106 valence electrons. The monoisotopic (exact) mass is 275 g/mol. The molecule has 6 nitrogen and oxygen atoms in total. The second-order valence-corrected chi connectivity index (χ2v) is 4.39. The topological polar surface area (TPSA) is 90.4 Å². The summed E-state index contributed by atoms with van der Waals surface area (Å²) >= 11 is 0. The number of nitrogen functional groups attached to an aromatic ring is 1. The average Bonchev–Trinajstić information content (AvgIpc) is 2.78. The van der Waals surface area contributed by atoms with E-state index in [-0.39, 0.29) is 5.91 Å². The first kappa shape index (κ1) is 14.1. The van der Waals surface area contributed by atoms with Gasteiger partial charge in [-0.25, -0.2) is 0 Å². The normalized spacial score (nSPS) is 10.5. The van der Waals surface area contributed by atoms with E-state index in [1.165, 1.54) is 0 Å². The van der Waals surface area contributed by atoms with Crippen LogP contribution in [0.2, 0.25) is 0 Å². The number of aromatic nitrogens is 1. The standard InChI is InChI=1S/C14H17N3O3/c1-9-12(7-8-19-2)14(20-17-9)16-13(18)10-3-5-11(15)6-4-10/h3-6H,7-8,15H2,1-2H3,(H,16,18). The van der Waals surface area contributed by atoms with Gasteiger partial charge in [0.05, 0.1) is 12.3 Å². The summed E-state index contributed by atoms with van der Waals surface area (Å²) in [5, 5.41) is 6.58. The third-order valence-corrected chi connectivity index (χ3v) is 2.94. The molecule has 3 N–H and O–H groups in total. The summed E-state index contributed by atoms with van der Waals surface area (Å²) in [6.07, 6.45) is 0.628. The molecule has 0 aliphatic heterocycles. The number of carbonyl (C=O) groups is 1. The molecule has 0 aliphatic carbocycles. The van der Waals surface area contributed by atoms with Crippen LogP contribution in [0, 0.1) is 6.92 Å². The zero-order chi connectivity index (χ0) is 14.5. The fraction of sp³-hybridized carbons (Fsp3) is 0.286. The molecule has 0 radical (unpaired) electrons. The smallest absolute Gasteiger partial charge is 0.258 e. The third kappa shape index (κ3) is 3.16. The van der Waals surface area contributed by atoms with Crippen LogP contribution in [-0.4, -0.2) is 24.8 Å². The Labute approximate surface area is 116 Å². The number of benzene rings is 1. The van der Waals surface area contributed by atoms with Gasteiger partial charge >= 0.3 is 0 Å². The summed E-state index contributed by atoms with van der Waals surface area (Å²) in [5.74, 6) is 0.0983. The van der Waals surface area contributed by atoms with Crippen molar-refractivity contribution >= 4 is 17.5 Å². The number of amides is 1. The molecule has 20 heavy (non-hydrogen) atoms. The van der Waals surface area contributed by atoms with Crippen molar-refractivity contribution < 1.29 is 14.1 Å². The van der Waals surface area contributed by atoms with Crippen molar-refractivity contribution in [3.8, 4) is 0 Å². The molecule has 2 aromatic rings. The van der Waals surface area contributed by atoms with Crippen molar-refractivity contribution in [1.82, 2.24) is 5.16 Å². The van der Waals surface area contributed by atoms with E-state index in [1.807, 2.05) is 6.92 Å². The molecule has 0 aliphatic rings. The number of carbonyl (C=O) groups excluding carboxylic acids is 1. The summed E-state index contributed by atoms with van der Waals surface area (Å²) < 4.78 is 10.2. The Morgan fingerprint density at radius 1 is 1.40 bits per heavy atom. The number of nitrogens with two attached hydrogens (primary N) is 1. The number of rotatable bonds is 5. The van der Waals surface area contributed by atoms with Gasteiger partial charge in [-0.05, 0) is 31.2 Å². The Morgan fingerprint density at radius 2 is 2.10 bits per heavy atom. The Hall–Kier alpha value is -2.34. The van der Waals surface area contributed by atoms with Gasteiger partial charge in [0.2, 0.25) is 5.88 Å². The molecule has 1 heterocycles. The number of anilines is 2. The highest BCUT2D eigenvalue weighted by Gasteiger charge is 2.16. The minimum atomic E-state index is -0.264. The average molecular weight is 275 g/mol. The summed E-state index contributed by atoms with van der Waals surface area (Å²) in [5.41, 5.74) is 8.29. The maximum Gasteiger partial charge on any atom is 0.258 e. The highest BCUT2D eigenvalue weighted by Crippen LogP contribution is 2.20. The van der Waals surface area contributed by atoms with Crippen LogP contribution in [-0.2, 0) is 11.2 Å². The predicted octanol–water partition coefficient (Wildman–Crippen LogP) is 2.01. The number of nitrogens with one attached hydrogen (secondary N) is 1. The first-order valence-electron chi connectivity index (χ1n) is 6.22. The van der Waals surface area contributed by atoms with Crippen LogP contribution < -0.4 is 11.1 Å². The Morgan fingerprint density at radius 3 is 2.75 bits per heavy atom. The lowest BCUT2D eigenvalue weighted by Gasteiger charge is -2.05. The zero-order valence-electron chi connectivity index (χ0n) is 11.5. The lowest BCUT2D eigenvalue weighted by Crippen LogP contribution is -2.13. The Balaban J connectivity index is 2.13. The van der Waals surface area contributed by atoms with Gasteiger partial charge in [-0.3, -0.25) is 10.1 Å².